The van der Waals surface area contributed by atoms with E-state index in [4.69, 9.17) is 0 Å². The molecule has 130 valence electrons. The highest BCUT2D eigenvalue weighted by Gasteiger charge is 2.46. The van der Waals surface area contributed by atoms with Gasteiger partial charge in [-0.2, -0.15) is 0 Å². The van der Waals surface area contributed by atoms with Gasteiger partial charge in [0.15, 0.2) is 0 Å². The van der Waals surface area contributed by atoms with Gasteiger partial charge in [-0.1, -0.05) is 60.2 Å². The van der Waals surface area contributed by atoms with Gasteiger partial charge in [0.2, 0.25) is 6.54 Å². The van der Waals surface area contributed by atoms with Crippen molar-refractivity contribution in [2.24, 2.45) is 11.8 Å². The van der Waals surface area contributed by atoms with Crippen LogP contribution in [0.4, 0.5) is 0 Å². The fraction of sp³-hybridized carbons (Fsp3) is 0.381. The second kappa shape index (κ2) is 7.60. The highest BCUT2D eigenvalue weighted by Crippen LogP contribution is 2.45. The zero-order valence-electron chi connectivity index (χ0n) is 14.4. The Morgan fingerprint density at radius 3 is 2.40 bits per heavy atom. The maximum absolute atomic E-state index is 12.3. The third-order valence-corrected chi connectivity index (χ3v) is 5.27. The van der Waals surface area contributed by atoms with Gasteiger partial charge >= 0.3 is 0 Å². The molecule has 0 unspecified atom stereocenters. The van der Waals surface area contributed by atoms with E-state index in [1.165, 1.54) is 5.56 Å². The predicted molar refractivity (Wildman–Crippen MR) is 97.1 cm³/mol. The molecule has 1 aliphatic rings. The number of hydrogen-bond donors (Lipinski definition) is 0. The van der Waals surface area contributed by atoms with Crippen LogP contribution in [0.2, 0.25) is 0 Å². The Hall–Kier alpha value is -2.49. The topological polar surface area (TPSA) is 60.2 Å². The van der Waals surface area contributed by atoms with E-state index < -0.39 is 0 Å². The molecule has 1 aliphatic carbocycles. The lowest BCUT2D eigenvalue weighted by molar-refractivity contribution is -0.490. The SMILES string of the molecule is Cc1ccc([C@@H]2CC(=O)[C@H]2[C@H](CCc2ccccc2)C[N+](=O)[O-])cc1. The van der Waals surface area contributed by atoms with Gasteiger partial charge in [-0.3, -0.25) is 14.9 Å². The fourth-order valence-corrected chi connectivity index (χ4v) is 3.85. The van der Waals surface area contributed by atoms with E-state index in [-0.39, 0.29) is 35.0 Å². The first-order chi connectivity index (χ1) is 12.0. The summed E-state index contributed by atoms with van der Waals surface area (Å²) in [5, 5.41) is 11.2. The number of nitrogens with zero attached hydrogens (tertiary/aromatic N) is 1. The highest BCUT2D eigenvalue weighted by molar-refractivity contribution is 5.89. The molecule has 0 bridgehead atoms. The van der Waals surface area contributed by atoms with Crippen LogP contribution in [0.25, 0.3) is 0 Å². The van der Waals surface area contributed by atoms with Gasteiger partial charge in [-0.05, 0) is 30.9 Å². The molecular formula is C21H23NO3. The van der Waals surface area contributed by atoms with E-state index in [0.717, 1.165) is 17.5 Å². The molecule has 0 heterocycles. The lowest BCUT2D eigenvalue weighted by Gasteiger charge is -2.39. The third kappa shape index (κ3) is 4.13. The molecule has 1 fully saturated rings. The van der Waals surface area contributed by atoms with Crippen molar-refractivity contribution < 1.29 is 9.72 Å². The molecule has 2 aromatic rings. The van der Waals surface area contributed by atoms with Crippen LogP contribution in [0.1, 0.15) is 35.4 Å². The molecule has 2 aromatic carbocycles. The highest BCUT2D eigenvalue weighted by atomic mass is 16.6. The molecule has 4 heteroatoms. The maximum Gasteiger partial charge on any atom is 0.207 e. The smallest absolute Gasteiger partial charge is 0.207 e. The number of aryl methyl sites for hydroxylation is 2. The monoisotopic (exact) mass is 337 g/mol. The molecule has 0 saturated heterocycles. The number of carbonyl (C=O) groups is 1. The standard InChI is InChI=1S/C21H23NO3/c1-15-7-10-17(11-8-15)19-13-20(23)21(19)18(14-22(24)25)12-9-16-5-3-2-4-6-16/h2-8,10-11,18-19,21H,9,12-14H2,1H3/t18-,19+,21+/m1/s1. The van der Waals surface area contributed by atoms with Crippen LogP contribution in [-0.2, 0) is 11.2 Å². The number of nitro groups is 1. The minimum absolute atomic E-state index is 0.119. The van der Waals surface area contributed by atoms with Crippen LogP contribution in [0.5, 0.6) is 0 Å². The third-order valence-electron chi connectivity index (χ3n) is 5.27. The molecule has 25 heavy (non-hydrogen) atoms. The molecule has 0 amide bonds. The second-order valence-corrected chi connectivity index (χ2v) is 7.01. The van der Waals surface area contributed by atoms with Crippen molar-refractivity contribution in [3.05, 3.63) is 81.4 Å². The van der Waals surface area contributed by atoms with E-state index in [1.807, 2.05) is 49.4 Å². The van der Waals surface area contributed by atoms with Crippen LogP contribution >= 0.6 is 0 Å². The van der Waals surface area contributed by atoms with Crippen molar-refractivity contribution in [1.82, 2.24) is 0 Å². The Labute approximate surface area is 148 Å². The van der Waals surface area contributed by atoms with E-state index >= 15 is 0 Å². The average molecular weight is 337 g/mol. The van der Waals surface area contributed by atoms with Crippen LogP contribution in [0, 0.1) is 28.9 Å². The number of benzene rings is 2. The van der Waals surface area contributed by atoms with Crippen LogP contribution in [0.15, 0.2) is 54.6 Å². The van der Waals surface area contributed by atoms with Crippen molar-refractivity contribution in [3.8, 4) is 0 Å². The molecule has 4 nitrogen and oxygen atoms in total. The summed E-state index contributed by atoms with van der Waals surface area (Å²) < 4.78 is 0. The van der Waals surface area contributed by atoms with Crippen molar-refractivity contribution in [3.63, 3.8) is 0 Å². The van der Waals surface area contributed by atoms with E-state index in [2.05, 4.69) is 12.1 Å². The van der Waals surface area contributed by atoms with Crippen molar-refractivity contribution in [2.45, 2.75) is 32.1 Å². The summed E-state index contributed by atoms with van der Waals surface area (Å²) in [4.78, 5) is 23.2. The summed E-state index contributed by atoms with van der Waals surface area (Å²) in [6, 6.07) is 18.2. The molecule has 0 N–H and O–H groups in total. The van der Waals surface area contributed by atoms with Gasteiger partial charge in [0.05, 0.1) is 0 Å². The Morgan fingerprint density at radius 1 is 1.12 bits per heavy atom. The second-order valence-electron chi connectivity index (χ2n) is 7.01. The van der Waals surface area contributed by atoms with Gasteiger partial charge in [-0.25, -0.2) is 0 Å². The van der Waals surface area contributed by atoms with Gasteiger partial charge < -0.3 is 0 Å². The number of rotatable bonds is 7. The summed E-state index contributed by atoms with van der Waals surface area (Å²) in [5.41, 5.74) is 3.47. The summed E-state index contributed by atoms with van der Waals surface area (Å²) in [6.45, 7) is 1.90. The van der Waals surface area contributed by atoms with Gasteiger partial charge in [0.25, 0.3) is 0 Å². The lowest BCUT2D eigenvalue weighted by Crippen LogP contribution is -2.43. The summed E-state index contributed by atoms with van der Waals surface area (Å²) in [7, 11) is 0. The minimum atomic E-state index is -0.270. The zero-order chi connectivity index (χ0) is 17.8. The van der Waals surface area contributed by atoms with Crippen molar-refractivity contribution >= 4 is 5.78 Å². The van der Waals surface area contributed by atoms with E-state index in [9.17, 15) is 14.9 Å². The molecular weight excluding hydrogens is 314 g/mol. The minimum Gasteiger partial charge on any atom is -0.299 e. The Balaban J connectivity index is 1.75. The van der Waals surface area contributed by atoms with Gasteiger partial charge in [-0.15, -0.1) is 0 Å². The largest absolute Gasteiger partial charge is 0.299 e. The molecule has 0 aromatic heterocycles. The zero-order valence-corrected chi connectivity index (χ0v) is 14.4. The summed E-state index contributed by atoms with van der Waals surface area (Å²) in [6.07, 6.45) is 1.95. The van der Waals surface area contributed by atoms with E-state index in [0.29, 0.717) is 12.8 Å². The first kappa shape index (κ1) is 17.3. The van der Waals surface area contributed by atoms with Crippen molar-refractivity contribution in [1.29, 1.82) is 0 Å². The van der Waals surface area contributed by atoms with Crippen LogP contribution in [0.3, 0.4) is 0 Å². The average Bonchev–Trinajstić information content (AvgIpc) is 2.59. The Bertz CT molecular complexity index is 739. The first-order valence-corrected chi connectivity index (χ1v) is 8.79. The number of Topliss-reactive ketones (excluding diaryl/α,β-unsaturated/α-hetero) is 1. The van der Waals surface area contributed by atoms with Gasteiger partial charge in [0.1, 0.15) is 5.78 Å². The first-order valence-electron chi connectivity index (χ1n) is 8.79. The molecule has 3 rings (SSSR count). The van der Waals surface area contributed by atoms with E-state index in [1.54, 1.807) is 0 Å². The van der Waals surface area contributed by atoms with Gasteiger partial charge in [0, 0.05) is 29.1 Å². The quantitative estimate of drug-likeness (QED) is 0.562. The Morgan fingerprint density at radius 2 is 1.80 bits per heavy atom. The maximum atomic E-state index is 12.3. The molecule has 1 saturated carbocycles. The summed E-state index contributed by atoms with van der Waals surface area (Å²) >= 11 is 0. The molecule has 3 atom stereocenters. The lowest BCUT2D eigenvalue weighted by atomic mass is 9.62. The Kier molecular flexibility index (Phi) is 5.27. The predicted octanol–water partition coefficient (Wildman–Crippen LogP) is 4.19. The van der Waals surface area contributed by atoms with Crippen LogP contribution in [-0.4, -0.2) is 17.3 Å². The molecule has 0 spiro atoms. The molecule has 0 aliphatic heterocycles. The number of ketones is 1. The normalized spacial score (nSPS) is 20.8. The number of hydrogen-bond acceptors (Lipinski definition) is 3. The van der Waals surface area contributed by atoms with Crippen LogP contribution < -0.4 is 0 Å². The number of carbonyl (C=O) groups excluding carboxylic acids is 1. The summed E-state index contributed by atoms with van der Waals surface area (Å²) in [5.74, 6) is -0.140. The van der Waals surface area contributed by atoms with Crippen molar-refractivity contribution in [2.75, 3.05) is 6.54 Å². The molecule has 0 radical (unpaired) electrons. The fourth-order valence-electron chi connectivity index (χ4n) is 3.85.